The van der Waals surface area contributed by atoms with Crippen molar-refractivity contribution in [3.8, 4) is 17.2 Å². The van der Waals surface area contributed by atoms with Crippen LogP contribution < -0.4 is 24.8 Å². The number of aryl methyl sites for hydroxylation is 1. The highest BCUT2D eigenvalue weighted by Crippen LogP contribution is 2.31. The van der Waals surface area contributed by atoms with Crippen molar-refractivity contribution in [3.63, 3.8) is 0 Å². The molecule has 2 N–H and O–H groups in total. The van der Waals surface area contributed by atoms with Crippen LogP contribution in [0.3, 0.4) is 0 Å². The molecule has 0 bridgehead atoms. The molecule has 0 radical (unpaired) electrons. The van der Waals surface area contributed by atoms with Gasteiger partial charge in [0.1, 0.15) is 23.1 Å². The number of anilines is 4. The summed E-state index contributed by atoms with van der Waals surface area (Å²) in [7, 11) is 4.85. The lowest BCUT2D eigenvalue weighted by Gasteiger charge is -2.14. The first-order chi connectivity index (χ1) is 13.1. The lowest BCUT2D eigenvalue weighted by molar-refractivity contribution is 0.395. The van der Waals surface area contributed by atoms with E-state index in [9.17, 15) is 0 Å². The van der Waals surface area contributed by atoms with Gasteiger partial charge < -0.3 is 24.8 Å². The summed E-state index contributed by atoms with van der Waals surface area (Å²) in [4.78, 5) is 8.99. The third-order valence-corrected chi connectivity index (χ3v) is 3.88. The molecule has 27 heavy (non-hydrogen) atoms. The molecular formula is C20H22N4O3. The fourth-order valence-electron chi connectivity index (χ4n) is 2.60. The summed E-state index contributed by atoms with van der Waals surface area (Å²) in [6, 6.07) is 15.0. The van der Waals surface area contributed by atoms with Crippen molar-refractivity contribution in [2.75, 3.05) is 32.0 Å². The van der Waals surface area contributed by atoms with Crippen molar-refractivity contribution in [1.29, 1.82) is 0 Å². The molecule has 0 unspecified atom stereocenters. The Morgan fingerprint density at radius 2 is 1.48 bits per heavy atom. The van der Waals surface area contributed by atoms with Crippen molar-refractivity contribution in [2.24, 2.45) is 0 Å². The van der Waals surface area contributed by atoms with Crippen LogP contribution in [-0.4, -0.2) is 31.3 Å². The minimum Gasteiger partial charge on any atom is -0.497 e. The van der Waals surface area contributed by atoms with Crippen LogP contribution in [0.5, 0.6) is 17.2 Å². The van der Waals surface area contributed by atoms with Crippen LogP contribution in [0.4, 0.5) is 23.1 Å². The van der Waals surface area contributed by atoms with Gasteiger partial charge >= 0.3 is 0 Å². The summed E-state index contributed by atoms with van der Waals surface area (Å²) in [5.41, 5.74) is 2.38. The first-order valence-electron chi connectivity index (χ1n) is 8.37. The Bertz CT molecular complexity index is 931. The molecular weight excluding hydrogens is 344 g/mol. The summed E-state index contributed by atoms with van der Waals surface area (Å²) >= 11 is 0. The van der Waals surface area contributed by atoms with Crippen LogP contribution in [0.25, 0.3) is 0 Å². The molecule has 1 heterocycles. The van der Waals surface area contributed by atoms with E-state index in [0.29, 0.717) is 23.3 Å². The molecule has 2 aromatic carbocycles. The number of hydrogen-bond donors (Lipinski definition) is 2. The van der Waals surface area contributed by atoms with Crippen LogP contribution in [0.1, 0.15) is 5.69 Å². The maximum atomic E-state index is 5.42. The number of aromatic nitrogens is 2. The number of nitrogens with zero attached hydrogens (tertiary/aromatic N) is 2. The average molecular weight is 366 g/mol. The molecule has 0 saturated heterocycles. The largest absolute Gasteiger partial charge is 0.497 e. The van der Waals surface area contributed by atoms with Crippen molar-refractivity contribution in [1.82, 2.24) is 9.97 Å². The molecule has 7 heteroatoms. The first kappa shape index (κ1) is 18.3. The Kier molecular flexibility index (Phi) is 5.61. The molecule has 0 aliphatic carbocycles. The van der Waals surface area contributed by atoms with Crippen molar-refractivity contribution < 1.29 is 14.2 Å². The lowest BCUT2D eigenvalue weighted by atomic mass is 10.2. The van der Waals surface area contributed by atoms with E-state index in [-0.39, 0.29) is 0 Å². The first-order valence-corrected chi connectivity index (χ1v) is 8.37. The van der Waals surface area contributed by atoms with Crippen LogP contribution in [-0.2, 0) is 0 Å². The quantitative estimate of drug-likeness (QED) is 0.645. The van der Waals surface area contributed by atoms with Gasteiger partial charge in [-0.3, -0.25) is 0 Å². The summed E-state index contributed by atoms with van der Waals surface area (Å²) in [6.45, 7) is 1.91. The molecule has 140 valence electrons. The van der Waals surface area contributed by atoms with Gasteiger partial charge in [-0.1, -0.05) is 12.1 Å². The molecule has 0 aliphatic heterocycles. The van der Waals surface area contributed by atoms with Crippen LogP contribution in [0, 0.1) is 6.92 Å². The molecule has 0 saturated carbocycles. The van der Waals surface area contributed by atoms with Gasteiger partial charge in [0.25, 0.3) is 0 Å². The fraction of sp³-hybridized carbons (Fsp3) is 0.200. The predicted octanol–water partition coefficient (Wildman–Crippen LogP) is 4.30. The van der Waals surface area contributed by atoms with Gasteiger partial charge in [0, 0.05) is 17.8 Å². The topological polar surface area (TPSA) is 77.5 Å². The number of ether oxygens (including phenoxy) is 3. The third-order valence-electron chi connectivity index (χ3n) is 3.88. The zero-order chi connectivity index (χ0) is 19.2. The molecule has 0 aliphatic rings. The van der Waals surface area contributed by atoms with Gasteiger partial charge in [-0.15, -0.1) is 0 Å². The number of para-hydroxylation sites is 2. The summed E-state index contributed by atoms with van der Waals surface area (Å²) < 4.78 is 16.0. The van der Waals surface area contributed by atoms with E-state index < -0.39 is 0 Å². The Hall–Kier alpha value is -3.48. The Labute approximate surface area is 158 Å². The van der Waals surface area contributed by atoms with Crippen LogP contribution in [0.15, 0.2) is 48.5 Å². The zero-order valence-corrected chi connectivity index (χ0v) is 15.7. The second kappa shape index (κ2) is 8.27. The second-order valence-corrected chi connectivity index (χ2v) is 5.73. The van der Waals surface area contributed by atoms with Crippen molar-refractivity contribution >= 4 is 23.1 Å². The zero-order valence-electron chi connectivity index (χ0n) is 15.7. The number of benzene rings is 2. The average Bonchev–Trinajstić information content (AvgIpc) is 2.68. The molecule has 1 aromatic heterocycles. The van der Waals surface area contributed by atoms with E-state index >= 15 is 0 Å². The standard InChI is InChI=1S/C20H22N4O3/c1-13-11-19(22-15-7-5-6-8-17(15)26-3)24-20(21-13)23-16-10-9-14(25-2)12-18(16)27-4/h5-12H,1-4H3,(H2,21,22,23,24). The molecule has 0 fully saturated rings. The molecule has 3 rings (SSSR count). The van der Waals surface area contributed by atoms with Gasteiger partial charge in [0.05, 0.1) is 32.7 Å². The minimum atomic E-state index is 0.455. The molecule has 7 nitrogen and oxygen atoms in total. The number of rotatable bonds is 7. The van der Waals surface area contributed by atoms with Crippen LogP contribution in [0.2, 0.25) is 0 Å². The maximum Gasteiger partial charge on any atom is 0.229 e. The van der Waals surface area contributed by atoms with Gasteiger partial charge in [-0.05, 0) is 31.2 Å². The van der Waals surface area contributed by atoms with Gasteiger partial charge in [0.2, 0.25) is 5.95 Å². The van der Waals surface area contributed by atoms with E-state index in [4.69, 9.17) is 14.2 Å². The van der Waals surface area contributed by atoms with E-state index in [2.05, 4.69) is 20.6 Å². The summed E-state index contributed by atoms with van der Waals surface area (Å²) in [6.07, 6.45) is 0. The van der Waals surface area contributed by atoms with Gasteiger partial charge in [-0.2, -0.15) is 4.98 Å². The fourth-order valence-corrected chi connectivity index (χ4v) is 2.60. The number of methoxy groups -OCH3 is 3. The SMILES string of the molecule is COc1ccc(Nc2nc(C)cc(Nc3ccccc3OC)n2)c(OC)c1. The van der Waals surface area contributed by atoms with Gasteiger partial charge in [-0.25, -0.2) is 4.98 Å². The van der Waals surface area contributed by atoms with E-state index in [1.165, 1.54) is 0 Å². The minimum absolute atomic E-state index is 0.455. The highest BCUT2D eigenvalue weighted by molar-refractivity contribution is 5.67. The Morgan fingerprint density at radius 3 is 2.22 bits per heavy atom. The number of hydrogen-bond acceptors (Lipinski definition) is 7. The Balaban J connectivity index is 1.88. The number of nitrogens with one attached hydrogen (secondary N) is 2. The van der Waals surface area contributed by atoms with Crippen molar-refractivity contribution in [3.05, 3.63) is 54.2 Å². The third kappa shape index (κ3) is 4.38. The molecule has 0 atom stereocenters. The van der Waals surface area contributed by atoms with Crippen molar-refractivity contribution in [2.45, 2.75) is 6.92 Å². The van der Waals surface area contributed by atoms with Gasteiger partial charge in [0.15, 0.2) is 0 Å². The summed E-state index contributed by atoms with van der Waals surface area (Å²) in [5.74, 6) is 3.19. The maximum absolute atomic E-state index is 5.42. The smallest absolute Gasteiger partial charge is 0.229 e. The molecule has 0 spiro atoms. The summed E-state index contributed by atoms with van der Waals surface area (Å²) in [5, 5.41) is 6.47. The van der Waals surface area contributed by atoms with Crippen LogP contribution >= 0.6 is 0 Å². The Morgan fingerprint density at radius 1 is 0.741 bits per heavy atom. The highest BCUT2D eigenvalue weighted by Gasteiger charge is 2.10. The highest BCUT2D eigenvalue weighted by atomic mass is 16.5. The van der Waals surface area contributed by atoms with E-state index in [1.807, 2.05) is 49.4 Å². The molecule has 3 aromatic rings. The normalized spacial score (nSPS) is 10.2. The van der Waals surface area contributed by atoms with E-state index in [1.54, 1.807) is 27.4 Å². The lowest BCUT2D eigenvalue weighted by Crippen LogP contribution is -2.04. The predicted molar refractivity (Wildman–Crippen MR) is 106 cm³/mol. The van der Waals surface area contributed by atoms with E-state index in [0.717, 1.165) is 22.8 Å². The molecule has 0 amide bonds. The second-order valence-electron chi connectivity index (χ2n) is 5.73. The monoisotopic (exact) mass is 366 g/mol.